The van der Waals surface area contributed by atoms with E-state index in [1.807, 2.05) is 0 Å². The number of aromatic nitrogens is 1. The van der Waals surface area contributed by atoms with Crippen molar-refractivity contribution in [3.63, 3.8) is 0 Å². The van der Waals surface area contributed by atoms with Crippen LogP contribution in [0.3, 0.4) is 0 Å². The van der Waals surface area contributed by atoms with Gasteiger partial charge in [0, 0.05) is 56.0 Å². The van der Waals surface area contributed by atoms with Gasteiger partial charge in [0.2, 0.25) is 0 Å². The zero-order valence-corrected chi connectivity index (χ0v) is 18.1. The first kappa shape index (κ1) is 20.7. The largest absolute Gasteiger partial charge is 0.348 e. The highest BCUT2D eigenvalue weighted by Gasteiger charge is 2.31. The van der Waals surface area contributed by atoms with Crippen LogP contribution in [-0.2, 0) is 6.54 Å². The number of carbonyl (C=O) groups is 1. The molecule has 0 spiro atoms. The average molecular weight is 421 g/mol. The van der Waals surface area contributed by atoms with Crippen molar-refractivity contribution in [3.8, 4) is 0 Å². The molecule has 30 heavy (non-hydrogen) atoms. The standard InChI is InChI=1S/C24H28N4OS/c1-19(26-24(29)21-9-5-11-25-17-21)23(22-10-6-16-30-22)28-14-12-27(13-15-28)18-20-7-3-2-4-8-20/h2-11,16-17,19,23H,12-15,18H2,1H3,(H,26,29)/t19-,23-/m0/s1. The molecule has 3 aromatic rings. The number of nitrogens with zero attached hydrogens (tertiary/aromatic N) is 3. The molecule has 1 N–H and O–H groups in total. The minimum atomic E-state index is -0.0696. The van der Waals surface area contributed by atoms with Gasteiger partial charge in [0.05, 0.1) is 11.6 Å². The van der Waals surface area contributed by atoms with Crippen LogP contribution in [0.5, 0.6) is 0 Å². The van der Waals surface area contributed by atoms with E-state index in [0.717, 1.165) is 32.7 Å². The van der Waals surface area contributed by atoms with Crippen LogP contribution in [0, 0.1) is 0 Å². The summed E-state index contributed by atoms with van der Waals surface area (Å²) in [6.45, 7) is 7.13. The van der Waals surface area contributed by atoms with Crippen LogP contribution in [-0.4, -0.2) is 52.9 Å². The van der Waals surface area contributed by atoms with Crippen LogP contribution in [0.1, 0.15) is 33.8 Å². The summed E-state index contributed by atoms with van der Waals surface area (Å²) in [6, 6.07) is 18.7. The minimum Gasteiger partial charge on any atom is -0.348 e. The number of thiophene rings is 1. The van der Waals surface area contributed by atoms with Gasteiger partial charge in [-0.05, 0) is 36.1 Å². The van der Waals surface area contributed by atoms with Crippen LogP contribution in [0.2, 0.25) is 0 Å². The molecule has 1 saturated heterocycles. The van der Waals surface area contributed by atoms with Crippen molar-refractivity contribution >= 4 is 17.2 Å². The Kier molecular flexibility index (Phi) is 6.89. The van der Waals surface area contributed by atoms with Crippen LogP contribution in [0.4, 0.5) is 0 Å². The van der Waals surface area contributed by atoms with Crippen molar-refractivity contribution in [1.82, 2.24) is 20.1 Å². The van der Waals surface area contributed by atoms with Crippen LogP contribution < -0.4 is 5.32 Å². The van der Waals surface area contributed by atoms with Gasteiger partial charge in [0.1, 0.15) is 0 Å². The maximum absolute atomic E-state index is 12.7. The first-order valence-corrected chi connectivity index (χ1v) is 11.3. The number of rotatable bonds is 7. The second-order valence-corrected chi connectivity index (χ2v) is 8.74. The molecule has 1 fully saturated rings. The number of hydrogen-bond donors (Lipinski definition) is 1. The summed E-state index contributed by atoms with van der Waals surface area (Å²) in [5.74, 6) is -0.0696. The Morgan fingerprint density at radius 1 is 1.07 bits per heavy atom. The normalized spacial score (nSPS) is 17.4. The fraction of sp³-hybridized carbons (Fsp3) is 0.333. The quantitative estimate of drug-likeness (QED) is 0.631. The molecule has 5 nitrogen and oxygen atoms in total. The van der Waals surface area contributed by atoms with Crippen molar-refractivity contribution in [2.45, 2.75) is 25.6 Å². The molecule has 1 aromatic carbocycles. The second kappa shape index (κ2) is 9.98. The predicted octanol–water partition coefficient (Wildman–Crippen LogP) is 3.82. The third kappa shape index (κ3) is 5.14. The maximum atomic E-state index is 12.7. The van der Waals surface area contributed by atoms with Gasteiger partial charge in [-0.15, -0.1) is 11.3 Å². The second-order valence-electron chi connectivity index (χ2n) is 7.76. The summed E-state index contributed by atoms with van der Waals surface area (Å²) >= 11 is 1.76. The van der Waals surface area contributed by atoms with E-state index in [0.29, 0.717) is 5.56 Å². The summed E-state index contributed by atoms with van der Waals surface area (Å²) < 4.78 is 0. The molecule has 156 valence electrons. The number of amides is 1. The van der Waals surface area contributed by atoms with Gasteiger partial charge in [-0.25, -0.2) is 0 Å². The summed E-state index contributed by atoms with van der Waals surface area (Å²) in [6.07, 6.45) is 3.30. The lowest BCUT2D eigenvalue weighted by atomic mass is 10.0. The first-order chi connectivity index (χ1) is 14.7. The van der Waals surface area contributed by atoms with Gasteiger partial charge in [0.15, 0.2) is 0 Å². The SMILES string of the molecule is C[C@H](NC(=O)c1cccnc1)[C@@H](c1cccs1)N1CCN(Cc2ccccc2)CC1. The molecule has 0 radical (unpaired) electrons. The molecule has 0 saturated carbocycles. The Labute approximate surface area is 182 Å². The Morgan fingerprint density at radius 3 is 2.53 bits per heavy atom. The van der Waals surface area contributed by atoms with Crippen molar-refractivity contribution in [3.05, 3.63) is 88.4 Å². The summed E-state index contributed by atoms with van der Waals surface area (Å²) in [5, 5.41) is 5.32. The maximum Gasteiger partial charge on any atom is 0.253 e. The highest BCUT2D eigenvalue weighted by atomic mass is 32.1. The highest BCUT2D eigenvalue weighted by Crippen LogP contribution is 2.29. The molecular weight excluding hydrogens is 392 g/mol. The van der Waals surface area contributed by atoms with Gasteiger partial charge in [-0.1, -0.05) is 36.4 Å². The summed E-state index contributed by atoms with van der Waals surface area (Å²) in [4.78, 5) is 23.1. The molecule has 0 aliphatic carbocycles. The number of pyridine rings is 1. The number of benzene rings is 1. The molecule has 0 bridgehead atoms. The fourth-order valence-electron chi connectivity index (χ4n) is 4.11. The third-order valence-electron chi connectivity index (χ3n) is 5.64. The zero-order valence-electron chi connectivity index (χ0n) is 17.3. The van der Waals surface area contributed by atoms with E-state index < -0.39 is 0 Å². The van der Waals surface area contributed by atoms with E-state index in [4.69, 9.17) is 0 Å². The van der Waals surface area contributed by atoms with E-state index in [2.05, 4.69) is 74.9 Å². The number of nitrogens with one attached hydrogen (secondary N) is 1. The van der Waals surface area contributed by atoms with Gasteiger partial charge in [-0.3, -0.25) is 19.6 Å². The number of hydrogen-bond acceptors (Lipinski definition) is 5. The first-order valence-electron chi connectivity index (χ1n) is 10.5. The van der Waals surface area contributed by atoms with Gasteiger partial charge in [-0.2, -0.15) is 0 Å². The van der Waals surface area contributed by atoms with Crippen molar-refractivity contribution in [1.29, 1.82) is 0 Å². The molecule has 1 aliphatic heterocycles. The lowest BCUT2D eigenvalue weighted by molar-refractivity contribution is 0.0714. The lowest BCUT2D eigenvalue weighted by Crippen LogP contribution is -2.52. The van der Waals surface area contributed by atoms with Gasteiger partial charge in [0.25, 0.3) is 5.91 Å². The van der Waals surface area contributed by atoms with E-state index in [1.165, 1.54) is 10.4 Å². The van der Waals surface area contributed by atoms with Gasteiger partial charge < -0.3 is 5.32 Å². The van der Waals surface area contributed by atoms with Crippen LogP contribution in [0.25, 0.3) is 0 Å². The van der Waals surface area contributed by atoms with Crippen molar-refractivity contribution in [2.75, 3.05) is 26.2 Å². The van der Waals surface area contributed by atoms with E-state index in [-0.39, 0.29) is 18.0 Å². The monoisotopic (exact) mass is 420 g/mol. The van der Waals surface area contributed by atoms with E-state index >= 15 is 0 Å². The molecule has 3 heterocycles. The highest BCUT2D eigenvalue weighted by molar-refractivity contribution is 7.10. The fourth-order valence-corrected chi connectivity index (χ4v) is 5.07. The van der Waals surface area contributed by atoms with Crippen LogP contribution in [0.15, 0.2) is 72.4 Å². The smallest absolute Gasteiger partial charge is 0.253 e. The molecule has 0 unspecified atom stereocenters. The summed E-state index contributed by atoms with van der Waals surface area (Å²) in [5.41, 5.74) is 1.96. The number of piperazine rings is 1. The zero-order chi connectivity index (χ0) is 20.8. The van der Waals surface area contributed by atoms with Crippen molar-refractivity contribution in [2.24, 2.45) is 0 Å². The molecule has 6 heteroatoms. The Morgan fingerprint density at radius 2 is 1.87 bits per heavy atom. The van der Waals surface area contributed by atoms with Gasteiger partial charge >= 0.3 is 0 Å². The Balaban J connectivity index is 1.41. The Bertz CT molecular complexity index is 909. The van der Waals surface area contributed by atoms with Crippen molar-refractivity contribution < 1.29 is 4.79 Å². The topological polar surface area (TPSA) is 48.5 Å². The molecule has 1 aliphatic rings. The minimum absolute atomic E-state index is 0.00275. The molecule has 1 amide bonds. The molecule has 2 aromatic heterocycles. The third-order valence-corrected chi connectivity index (χ3v) is 6.58. The summed E-state index contributed by atoms with van der Waals surface area (Å²) in [7, 11) is 0. The van der Waals surface area contributed by atoms with E-state index in [1.54, 1.807) is 35.9 Å². The van der Waals surface area contributed by atoms with Crippen LogP contribution >= 0.6 is 11.3 Å². The average Bonchev–Trinajstić information content (AvgIpc) is 3.31. The number of carbonyl (C=O) groups excluding carboxylic acids is 1. The molecule has 4 rings (SSSR count). The molecular formula is C24H28N4OS. The predicted molar refractivity (Wildman–Crippen MR) is 122 cm³/mol. The lowest BCUT2D eigenvalue weighted by Gasteiger charge is -2.41. The van der Waals surface area contributed by atoms with E-state index in [9.17, 15) is 4.79 Å². The Hall–Kier alpha value is -2.54. The molecule has 2 atom stereocenters.